The van der Waals surface area contributed by atoms with Gasteiger partial charge in [-0.25, -0.2) is 4.98 Å². The van der Waals surface area contributed by atoms with E-state index in [0.717, 1.165) is 18.2 Å². The quantitative estimate of drug-likeness (QED) is 0.628. The molecule has 1 heterocycles. The maximum atomic E-state index is 12.0. The third kappa shape index (κ3) is 3.82. The van der Waals surface area contributed by atoms with Crippen molar-refractivity contribution in [1.82, 2.24) is 4.98 Å². The second-order valence-corrected chi connectivity index (χ2v) is 4.29. The van der Waals surface area contributed by atoms with Crippen LogP contribution in [0.1, 0.15) is 0 Å². The fourth-order valence-corrected chi connectivity index (χ4v) is 1.76. The highest BCUT2D eigenvalue weighted by molar-refractivity contribution is 6.30. The minimum absolute atomic E-state index is 0.00274. The third-order valence-corrected chi connectivity index (χ3v) is 2.60. The van der Waals surface area contributed by atoms with E-state index in [1.807, 2.05) is 0 Å². The van der Waals surface area contributed by atoms with E-state index in [1.165, 1.54) is 18.3 Å². The van der Waals surface area contributed by atoms with Gasteiger partial charge >= 0.3 is 6.36 Å². The molecule has 21 heavy (non-hydrogen) atoms. The second-order valence-electron chi connectivity index (χ2n) is 3.85. The van der Waals surface area contributed by atoms with Crippen LogP contribution in [-0.4, -0.2) is 16.3 Å². The average molecular weight is 319 g/mol. The van der Waals surface area contributed by atoms with E-state index in [2.05, 4.69) is 9.72 Å². The van der Waals surface area contributed by atoms with Crippen LogP contribution in [0.4, 0.5) is 18.9 Å². The topological polar surface area (TPSA) is 65.3 Å². The first-order valence-electron chi connectivity index (χ1n) is 5.42. The largest absolute Gasteiger partial charge is 0.573 e. The Morgan fingerprint density at radius 1 is 1.24 bits per heavy atom. The Morgan fingerprint density at radius 3 is 2.38 bits per heavy atom. The molecule has 0 N–H and O–H groups in total. The standard InChI is InChI=1S/C12H6ClF3N2O3/c13-8-5-10(18(19)20)11(17-6-8)7-1-3-9(4-2-7)21-12(14,15)16/h1-6H. The van der Waals surface area contributed by atoms with Gasteiger partial charge in [0.15, 0.2) is 0 Å². The van der Waals surface area contributed by atoms with Gasteiger partial charge in [0.1, 0.15) is 11.4 Å². The van der Waals surface area contributed by atoms with Crippen molar-refractivity contribution in [3.8, 4) is 17.0 Å². The molecule has 5 nitrogen and oxygen atoms in total. The van der Waals surface area contributed by atoms with Crippen LogP contribution in [0.2, 0.25) is 5.02 Å². The van der Waals surface area contributed by atoms with E-state index >= 15 is 0 Å². The van der Waals surface area contributed by atoms with Gasteiger partial charge in [0.25, 0.3) is 5.69 Å². The van der Waals surface area contributed by atoms with Crippen molar-refractivity contribution in [2.45, 2.75) is 6.36 Å². The Balaban J connectivity index is 2.37. The van der Waals surface area contributed by atoms with Crippen molar-refractivity contribution in [2.75, 3.05) is 0 Å². The summed E-state index contributed by atoms with van der Waals surface area (Å²) in [5.74, 6) is -0.428. The molecule has 0 atom stereocenters. The second kappa shape index (κ2) is 5.57. The molecule has 0 aliphatic rings. The summed E-state index contributed by atoms with van der Waals surface area (Å²) in [6.45, 7) is 0. The van der Waals surface area contributed by atoms with E-state index in [1.54, 1.807) is 0 Å². The molecule has 0 fully saturated rings. The number of hydrogen-bond donors (Lipinski definition) is 0. The number of benzene rings is 1. The zero-order valence-electron chi connectivity index (χ0n) is 10.1. The van der Waals surface area contributed by atoms with Gasteiger partial charge in [-0.05, 0) is 24.3 Å². The van der Waals surface area contributed by atoms with Crippen molar-refractivity contribution >= 4 is 17.3 Å². The molecule has 0 saturated heterocycles. The summed E-state index contributed by atoms with van der Waals surface area (Å²) in [7, 11) is 0. The first-order valence-corrected chi connectivity index (χ1v) is 5.80. The van der Waals surface area contributed by atoms with Crippen LogP contribution in [0.5, 0.6) is 5.75 Å². The first-order chi connectivity index (χ1) is 9.76. The summed E-state index contributed by atoms with van der Waals surface area (Å²) >= 11 is 5.63. The molecule has 0 aliphatic carbocycles. The first kappa shape index (κ1) is 15.0. The molecule has 2 rings (SSSR count). The highest BCUT2D eigenvalue weighted by Gasteiger charge is 2.31. The van der Waals surface area contributed by atoms with Crippen LogP contribution in [-0.2, 0) is 0 Å². The minimum atomic E-state index is -4.80. The summed E-state index contributed by atoms with van der Waals surface area (Å²) in [5, 5.41) is 11.0. The van der Waals surface area contributed by atoms with Gasteiger partial charge in [-0.1, -0.05) is 11.6 Å². The summed E-state index contributed by atoms with van der Waals surface area (Å²) in [6.07, 6.45) is -3.59. The molecule has 1 aromatic heterocycles. The van der Waals surface area contributed by atoms with Gasteiger partial charge < -0.3 is 4.74 Å². The third-order valence-electron chi connectivity index (χ3n) is 2.39. The Labute approximate surface area is 121 Å². The molecule has 0 aliphatic heterocycles. The molecule has 0 radical (unpaired) electrons. The smallest absolute Gasteiger partial charge is 0.406 e. The lowest BCUT2D eigenvalue weighted by Gasteiger charge is -2.09. The lowest BCUT2D eigenvalue weighted by atomic mass is 10.1. The molecule has 110 valence electrons. The number of rotatable bonds is 3. The van der Waals surface area contributed by atoms with Crippen LogP contribution in [0.3, 0.4) is 0 Å². The number of nitro groups is 1. The van der Waals surface area contributed by atoms with Gasteiger partial charge in [-0.15, -0.1) is 13.2 Å². The van der Waals surface area contributed by atoms with Gasteiger partial charge in [-0.3, -0.25) is 10.1 Å². The molecular formula is C12H6ClF3N2O3. The zero-order valence-corrected chi connectivity index (χ0v) is 10.9. The van der Waals surface area contributed by atoms with Gasteiger partial charge in [0.05, 0.1) is 9.95 Å². The molecule has 0 spiro atoms. The number of nitrogens with zero attached hydrogens (tertiary/aromatic N) is 2. The van der Waals surface area contributed by atoms with E-state index in [-0.39, 0.29) is 22.0 Å². The number of pyridine rings is 1. The molecule has 0 bridgehead atoms. The molecule has 0 amide bonds. The number of halogens is 4. The van der Waals surface area contributed by atoms with Crippen LogP contribution in [0, 0.1) is 10.1 Å². The van der Waals surface area contributed by atoms with Crippen molar-refractivity contribution in [1.29, 1.82) is 0 Å². The highest BCUT2D eigenvalue weighted by Crippen LogP contribution is 2.31. The van der Waals surface area contributed by atoms with Gasteiger partial charge in [-0.2, -0.15) is 0 Å². The maximum Gasteiger partial charge on any atom is 0.573 e. The van der Waals surface area contributed by atoms with Crippen LogP contribution >= 0.6 is 11.6 Å². The van der Waals surface area contributed by atoms with Crippen LogP contribution < -0.4 is 4.74 Å². The molecule has 2 aromatic rings. The normalized spacial score (nSPS) is 11.2. The monoisotopic (exact) mass is 318 g/mol. The van der Waals surface area contributed by atoms with Gasteiger partial charge in [0, 0.05) is 17.8 Å². The Bertz CT molecular complexity index is 674. The number of aromatic nitrogens is 1. The van der Waals surface area contributed by atoms with E-state index in [9.17, 15) is 23.3 Å². The Hall–Kier alpha value is -2.35. The predicted octanol–water partition coefficient (Wildman–Crippen LogP) is 4.21. The Kier molecular flexibility index (Phi) is 3.99. The maximum absolute atomic E-state index is 12.0. The molecule has 1 aromatic carbocycles. The minimum Gasteiger partial charge on any atom is -0.406 e. The highest BCUT2D eigenvalue weighted by atomic mass is 35.5. The number of hydrogen-bond acceptors (Lipinski definition) is 4. The molecule has 0 unspecified atom stereocenters. The van der Waals surface area contributed by atoms with Crippen molar-refractivity contribution in [3.63, 3.8) is 0 Å². The summed E-state index contributed by atoms with van der Waals surface area (Å²) < 4.78 is 39.8. The summed E-state index contributed by atoms with van der Waals surface area (Å²) in [5.41, 5.74) is -0.0668. The molecule has 9 heteroatoms. The van der Waals surface area contributed by atoms with Crippen LogP contribution in [0.25, 0.3) is 11.3 Å². The van der Waals surface area contributed by atoms with Crippen molar-refractivity contribution in [3.05, 3.63) is 51.7 Å². The lowest BCUT2D eigenvalue weighted by Crippen LogP contribution is -2.16. The van der Waals surface area contributed by atoms with Crippen molar-refractivity contribution in [2.24, 2.45) is 0 Å². The fourth-order valence-electron chi connectivity index (χ4n) is 1.60. The Morgan fingerprint density at radius 2 is 1.86 bits per heavy atom. The predicted molar refractivity (Wildman–Crippen MR) is 68.0 cm³/mol. The average Bonchev–Trinajstić information content (AvgIpc) is 2.38. The van der Waals surface area contributed by atoms with Crippen molar-refractivity contribution < 1.29 is 22.8 Å². The van der Waals surface area contributed by atoms with Crippen LogP contribution in [0.15, 0.2) is 36.5 Å². The van der Waals surface area contributed by atoms with E-state index < -0.39 is 17.0 Å². The molecule has 0 saturated carbocycles. The fraction of sp³-hybridized carbons (Fsp3) is 0.0833. The zero-order chi connectivity index (χ0) is 15.6. The van der Waals surface area contributed by atoms with E-state index in [4.69, 9.17) is 11.6 Å². The van der Waals surface area contributed by atoms with Gasteiger partial charge in [0.2, 0.25) is 0 Å². The summed E-state index contributed by atoms with van der Waals surface area (Å²) in [6, 6.07) is 5.68. The number of alkyl halides is 3. The summed E-state index contributed by atoms with van der Waals surface area (Å²) in [4.78, 5) is 14.1. The number of ether oxygens (including phenoxy) is 1. The van der Waals surface area contributed by atoms with E-state index in [0.29, 0.717) is 0 Å². The SMILES string of the molecule is O=[N+]([O-])c1cc(Cl)cnc1-c1ccc(OC(F)(F)F)cc1. The molecular weight excluding hydrogens is 313 g/mol. The lowest BCUT2D eigenvalue weighted by molar-refractivity contribution is -0.384.